The largest absolute Gasteiger partial charge is 0.360 e. The molecule has 5 aromatic rings. The van der Waals surface area contributed by atoms with Gasteiger partial charge >= 0.3 is 0 Å². The van der Waals surface area contributed by atoms with Gasteiger partial charge < -0.3 is 10.3 Å². The predicted octanol–water partition coefficient (Wildman–Crippen LogP) is 4.74. The number of pyridine rings is 1. The van der Waals surface area contributed by atoms with Gasteiger partial charge in [-0.2, -0.15) is 0 Å². The van der Waals surface area contributed by atoms with E-state index in [0.717, 1.165) is 36.8 Å². The molecule has 0 unspecified atom stereocenters. The Kier molecular flexibility index (Phi) is 4.93. The van der Waals surface area contributed by atoms with Gasteiger partial charge in [-0.05, 0) is 77.7 Å². The number of nitrogens with zero attached hydrogens (tertiary/aromatic N) is 4. The van der Waals surface area contributed by atoms with Crippen molar-refractivity contribution in [2.24, 2.45) is 0 Å². The third kappa shape index (κ3) is 3.46. The fourth-order valence-corrected chi connectivity index (χ4v) is 4.24. The van der Waals surface area contributed by atoms with Gasteiger partial charge in [0.15, 0.2) is 11.5 Å². The van der Waals surface area contributed by atoms with Crippen molar-refractivity contribution in [3.8, 4) is 5.69 Å². The third-order valence-electron chi connectivity index (χ3n) is 5.39. The number of hydrogen-bond donors (Lipinski definition) is 2. The average molecular weight is 522 g/mol. The van der Waals surface area contributed by atoms with Crippen molar-refractivity contribution in [1.82, 2.24) is 24.5 Å². The van der Waals surface area contributed by atoms with E-state index in [9.17, 15) is 4.79 Å². The van der Waals surface area contributed by atoms with Gasteiger partial charge in [-0.25, -0.2) is 15.0 Å². The minimum atomic E-state index is -0.210. The number of rotatable bonds is 4. The quantitative estimate of drug-likeness (QED) is 0.333. The van der Waals surface area contributed by atoms with Crippen molar-refractivity contribution in [2.45, 2.75) is 19.9 Å². The molecule has 154 valence electrons. The van der Waals surface area contributed by atoms with Crippen LogP contribution >= 0.6 is 22.6 Å². The number of hydrogen-bond acceptors (Lipinski definition) is 5. The molecule has 0 aliphatic rings. The Bertz CT molecular complexity index is 1470. The van der Waals surface area contributed by atoms with Crippen LogP contribution in [0.2, 0.25) is 0 Å². The van der Waals surface area contributed by atoms with Crippen LogP contribution in [0.5, 0.6) is 0 Å². The van der Waals surface area contributed by atoms with Crippen LogP contribution in [0.4, 0.5) is 5.82 Å². The first kappa shape index (κ1) is 19.7. The number of aryl methyl sites for hydroxylation is 1. The lowest BCUT2D eigenvalue weighted by Crippen LogP contribution is -2.26. The van der Waals surface area contributed by atoms with E-state index in [0.29, 0.717) is 11.5 Å². The topological polar surface area (TPSA) is 88.5 Å². The standard InChI is InChI=1S/C23H19IN6O/c1-13-4-3-5-15-10-18(14(2)29-22-20-21(26-11-25-20)27-12-28-22)30(23(31)19(13)15)17-8-6-16(24)7-9-17/h3-12,14H,1-2H3,(H2,25,26,27,28,29)/t14-/m0/s1. The van der Waals surface area contributed by atoms with E-state index < -0.39 is 0 Å². The molecule has 0 spiro atoms. The Morgan fingerprint density at radius 2 is 1.90 bits per heavy atom. The minimum absolute atomic E-state index is 0.0326. The third-order valence-corrected chi connectivity index (χ3v) is 6.11. The van der Waals surface area contributed by atoms with Crippen LogP contribution in [0.1, 0.15) is 24.2 Å². The van der Waals surface area contributed by atoms with E-state index >= 15 is 0 Å². The molecule has 2 N–H and O–H groups in total. The molecule has 5 rings (SSSR count). The second-order valence-electron chi connectivity index (χ2n) is 7.41. The summed E-state index contributed by atoms with van der Waals surface area (Å²) >= 11 is 2.27. The zero-order chi connectivity index (χ0) is 21.5. The van der Waals surface area contributed by atoms with Crippen molar-refractivity contribution < 1.29 is 0 Å². The Balaban J connectivity index is 1.71. The zero-order valence-corrected chi connectivity index (χ0v) is 19.1. The molecule has 3 heterocycles. The lowest BCUT2D eigenvalue weighted by Gasteiger charge is -2.22. The smallest absolute Gasteiger partial charge is 0.263 e. The summed E-state index contributed by atoms with van der Waals surface area (Å²) < 4.78 is 2.90. The maximum atomic E-state index is 13.7. The minimum Gasteiger partial charge on any atom is -0.360 e. The van der Waals surface area contributed by atoms with Gasteiger partial charge in [0.05, 0.1) is 17.8 Å². The second kappa shape index (κ2) is 7.77. The Morgan fingerprint density at radius 3 is 2.71 bits per heavy atom. The van der Waals surface area contributed by atoms with Crippen molar-refractivity contribution in [1.29, 1.82) is 0 Å². The Labute approximate surface area is 191 Å². The fourth-order valence-electron chi connectivity index (χ4n) is 3.88. The van der Waals surface area contributed by atoms with Crippen LogP contribution in [-0.4, -0.2) is 24.5 Å². The van der Waals surface area contributed by atoms with Crippen LogP contribution in [0.25, 0.3) is 27.6 Å². The van der Waals surface area contributed by atoms with Crippen LogP contribution in [-0.2, 0) is 0 Å². The summed E-state index contributed by atoms with van der Waals surface area (Å²) in [6, 6.07) is 15.8. The fraction of sp³-hybridized carbons (Fsp3) is 0.130. The van der Waals surface area contributed by atoms with Gasteiger partial charge in [-0.3, -0.25) is 9.36 Å². The van der Waals surface area contributed by atoms with Gasteiger partial charge in [-0.1, -0.05) is 18.2 Å². The highest BCUT2D eigenvalue weighted by molar-refractivity contribution is 14.1. The van der Waals surface area contributed by atoms with Crippen LogP contribution in [0.15, 0.2) is 66.0 Å². The van der Waals surface area contributed by atoms with Crippen LogP contribution < -0.4 is 10.9 Å². The number of H-pyrrole nitrogens is 1. The van der Waals surface area contributed by atoms with E-state index in [4.69, 9.17) is 0 Å². The predicted molar refractivity (Wildman–Crippen MR) is 131 cm³/mol. The zero-order valence-electron chi connectivity index (χ0n) is 16.9. The maximum Gasteiger partial charge on any atom is 0.263 e. The first-order valence-corrected chi connectivity index (χ1v) is 10.9. The average Bonchev–Trinajstić information content (AvgIpc) is 3.24. The highest BCUT2D eigenvalue weighted by atomic mass is 127. The maximum absolute atomic E-state index is 13.7. The second-order valence-corrected chi connectivity index (χ2v) is 8.66. The number of aromatic amines is 1. The summed E-state index contributed by atoms with van der Waals surface area (Å²) in [6.45, 7) is 3.99. The van der Waals surface area contributed by atoms with Crippen LogP contribution in [0, 0.1) is 10.5 Å². The molecule has 8 heteroatoms. The molecule has 0 saturated carbocycles. The van der Waals surface area contributed by atoms with Crippen molar-refractivity contribution >= 4 is 50.3 Å². The monoisotopic (exact) mass is 522 g/mol. The number of anilines is 1. The summed E-state index contributed by atoms with van der Waals surface area (Å²) in [5.74, 6) is 0.640. The molecule has 0 aliphatic carbocycles. The summed E-state index contributed by atoms with van der Waals surface area (Å²) in [7, 11) is 0. The van der Waals surface area contributed by atoms with Gasteiger partial charge in [0.25, 0.3) is 5.56 Å². The number of imidazole rings is 1. The first-order valence-electron chi connectivity index (χ1n) is 9.85. The van der Waals surface area contributed by atoms with E-state index in [2.05, 4.69) is 53.9 Å². The summed E-state index contributed by atoms with van der Waals surface area (Å²) in [4.78, 5) is 29.5. The highest BCUT2D eigenvalue weighted by Gasteiger charge is 2.19. The Morgan fingerprint density at radius 1 is 1.10 bits per heavy atom. The van der Waals surface area contributed by atoms with Gasteiger partial charge in [0.1, 0.15) is 11.8 Å². The molecule has 0 bridgehead atoms. The van der Waals surface area contributed by atoms with Gasteiger partial charge in [-0.15, -0.1) is 0 Å². The molecule has 2 aromatic carbocycles. The Hall–Kier alpha value is -3.27. The molecular formula is C23H19IN6O. The molecular weight excluding hydrogens is 503 g/mol. The molecule has 0 fully saturated rings. The number of aromatic nitrogens is 5. The molecule has 1 atom stereocenters. The molecule has 3 aromatic heterocycles. The molecule has 0 radical (unpaired) electrons. The lowest BCUT2D eigenvalue weighted by atomic mass is 10.0. The summed E-state index contributed by atoms with van der Waals surface area (Å²) in [5.41, 5.74) is 3.92. The van der Waals surface area contributed by atoms with Crippen molar-refractivity contribution in [2.75, 3.05) is 5.32 Å². The summed E-state index contributed by atoms with van der Waals surface area (Å²) in [5, 5.41) is 5.08. The van der Waals surface area contributed by atoms with E-state index in [1.807, 2.05) is 56.3 Å². The molecule has 0 aliphatic heterocycles. The van der Waals surface area contributed by atoms with E-state index in [1.165, 1.54) is 6.33 Å². The summed E-state index contributed by atoms with van der Waals surface area (Å²) in [6.07, 6.45) is 3.07. The number of benzene rings is 2. The van der Waals surface area contributed by atoms with Crippen molar-refractivity contribution in [3.05, 3.63) is 86.4 Å². The normalized spacial score (nSPS) is 12.4. The molecule has 7 nitrogen and oxygen atoms in total. The van der Waals surface area contributed by atoms with E-state index in [1.54, 1.807) is 10.9 Å². The van der Waals surface area contributed by atoms with Gasteiger partial charge in [0.2, 0.25) is 0 Å². The number of fused-ring (bicyclic) bond motifs is 2. The number of halogens is 1. The van der Waals surface area contributed by atoms with Crippen molar-refractivity contribution in [3.63, 3.8) is 0 Å². The first-order chi connectivity index (χ1) is 15.0. The van der Waals surface area contributed by atoms with Crippen LogP contribution in [0.3, 0.4) is 0 Å². The lowest BCUT2D eigenvalue weighted by molar-refractivity contribution is 0.773. The number of nitrogens with one attached hydrogen (secondary N) is 2. The van der Waals surface area contributed by atoms with Gasteiger partial charge in [0, 0.05) is 15.0 Å². The molecule has 31 heavy (non-hydrogen) atoms. The molecule has 0 amide bonds. The van der Waals surface area contributed by atoms with E-state index in [-0.39, 0.29) is 11.6 Å². The SMILES string of the molecule is Cc1cccc2cc([C@H](C)Nc3ncnc4nc[nH]c34)n(-c3ccc(I)cc3)c(=O)c12. The molecule has 0 saturated heterocycles. The highest BCUT2D eigenvalue weighted by Crippen LogP contribution is 2.26.